The molecule has 0 aliphatic heterocycles. The minimum atomic E-state index is -2.54. The van der Waals surface area contributed by atoms with Gasteiger partial charge in [0.05, 0.1) is 9.13 Å². The highest BCUT2D eigenvalue weighted by Crippen LogP contribution is 2.53. The maximum Gasteiger partial charge on any atom is 0.255 e. The van der Waals surface area contributed by atoms with Crippen LogP contribution in [-0.2, 0) is 20.8 Å². The van der Waals surface area contributed by atoms with E-state index in [2.05, 4.69) is 0 Å². The molecule has 1 unspecified atom stereocenters. The number of nitrogens with zero attached hydrogens (tertiary/aromatic N) is 1. The lowest BCUT2D eigenvalue weighted by Gasteiger charge is -2.46. The Hall–Kier alpha value is -2.60. The Morgan fingerprint density at radius 1 is 1.23 bits per heavy atom. The third kappa shape index (κ3) is 2.80. The van der Waals surface area contributed by atoms with Gasteiger partial charge in [0.2, 0.25) is 5.78 Å². The van der Waals surface area contributed by atoms with Crippen molar-refractivity contribution in [3.63, 3.8) is 0 Å². The van der Waals surface area contributed by atoms with E-state index in [0.717, 1.165) is 5.69 Å². The number of primary amides is 1. The number of Topliss-reactive ketones (excluding diaryl/α,β-unsaturated/α-hetero) is 2. The zero-order chi connectivity index (χ0) is 23.0. The Morgan fingerprint density at radius 3 is 2.45 bits per heavy atom. The van der Waals surface area contributed by atoms with Crippen molar-refractivity contribution in [2.75, 3.05) is 19.0 Å². The second kappa shape index (κ2) is 6.95. The summed E-state index contributed by atoms with van der Waals surface area (Å²) in [5.41, 5.74) is 3.20. The monoisotopic (exact) mass is 540 g/mol. The standard InChI is InChI=1S/C21H21IN2O7/c1-24(2)11-6-10(22)16(26)14-9(11)4-7-3-8-5-12(25)15(20(23)30)19(29)21(8,31)18(28)13(7)17(14)27/h6-8,26-27,29,31H,3-5H2,1-2H3,(H2,23,30)/t7?,8-,21-/m0/s1. The fourth-order valence-electron chi connectivity index (χ4n) is 5.04. The second-order valence-corrected chi connectivity index (χ2v) is 9.54. The van der Waals surface area contributed by atoms with Gasteiger partial charge in [-0.2, -0.15) is 0 Å². The van der Waals surface area contributed by atoms with Crippen molar-refractivity contribution in [1.29, 1.82) is 0 Å². The molecule has 0 bridgehead atoms. The number of phenolic OH excluding ortho intramolecular Hbond substituents is 1. The van der Waals surface area contributed by atoms with Gasteiger partial charge >= 0.3 is 0 Å². The van der Waals surface area contributed by atoms with Crippen molar-refractivity contribution in [2.24, 2.45) is 17.6 Å². The van der Waals surface area contributed by atoms with Crippen LogP contribution >= 0.6 is 22.6 Å². The number of phenols is 1. The van der Waals surface area contributed by atoms with Gasteiger partial charge in [-0.3, -0.25) is 14.4 Å². The number of anilines is 1. The van der Waals surface area contributed by atoms with Crippen LogP contribution in [0.5, 0.6) is 5.75 Å². The molecule has 4 rings (SSSR count). The Bertz CT molecular complexity index is 1140. The zero-order valence-electron chi connectivity index (χ0n) is 16.8. The summed E-state index contributed by atoms with van der Waals surface area (Å²) in [5, 5.41) is 43.5. The highest BCUT2D eigenvalue weighted by atomic mass is 127. The van der Waals surface area contributed by atoms with Crippen LogP contribution < -0.4 is 10.6 Å². The number of carbonyl (C=O) groups excluding carboxylic acids is 3. The minimum Gasteiger partial charge on any atom is -0.508 e. The molecular formula is C21H21IN2O7. The van der Waals surface area contributed by atoms with Crippen LogP contribution in [0.2, 0.25) is 0 Å². The predicted molar refractivity (Wildman–Crippen MR) is 118 cm³/mol. The molecule has 1 amide bonds. The van der Waals surface area contributed by atoms with E-state index < -0.39 is 52.0 Å². The van der Waals surface area contributed by atoms with Gasteiger partial charge in [-0.25, -0.2) is 0 Å². The molecule has 164 valence electrons. The lowest BCUT2D eigenvalue weighted by Crippen LogP contribution is -2.58. The maximum atomic E-state index is 13.4. The second-order valence-electron chi connectivity index (χ2n) is 8.38. The zero-order valence-corrected chi connectivity index (χ0v) is 18.9. The number of rotatable bonds is 2. The van der Waals surface area contributed by atoms with Crippen LogP contribution in [0, 0.1) is 15.4 Å². The highest BCUT2D eigenvalue weighted by Gasteiger charge is 2.60. The number of carbonyl (C=O) groups is 3. The molecule has 0 saturated heterocycles. The van der Waals surface area contributed by atoms with Crippen LogP contribution in [-0.4, -0.2) is 57.6 Å². The van der Waals surface area contributed by atoms with E-state index >= 15 is 0 Å². The Balaban J connectivity index is 1.97. The van der Waals surface area contributed by atoms with Gasteiger partial charge in [0, 0.05) is 37.7 Å². The molecule has 3 atom stereocenters. The van der Waals surface area contributed by atoms with Gasteiger partial charge in [0.1, 0.15) is 22.8 Å². The minimum absolute atomic E-state index is 0.0997. The van der Waals surface area contributed by atoms with E-state index in [1.807, 2.05) is 41.6 Å². The summed E-state index contributed by atoms with van der Waals surface area (Å²) >= 11 is 1.92. The molecule has 1 aromatic carbocycles. The van der Waals surface area contributed by atoms with Crippen molar-refractivity contribution in [1.82, 2.24) is 0 Å². The van der Waals surface area contributed by atoms with E-state index in [9.17, 15) is 34.8 Å². The molecule has 3 aliphatic carbocycles. The number of aliphatic hydroxyl groups excluding tert-OH is 2. The number of amides is 1. The molecule has 0 heterocycles. The summed E-state index contributed by atoms with van der Waals surface area (Å²) in [5.74, 6) is -6.23. The molecular weight excluding hydrogens is 519 g/mol. The summed E-state index contributed by atoms with van der Waals surface area (Å²) in [4.78, 5) is 39.3. The van der Waals surface area contributed by atoms with Crippen LogP contribution in [0.25, 0.3) is 5.76 Å². The average molecular weight is 540 g/mol. The Kier molecular flexibility index (Phi) is 4.85. The Labute approximate surface area is 191 Å². The molecule has 3 aliphatic rings. The first-order chi connectivity index (χ1) is 14.4. The Morgan fingerprint density at radius 2 is 1.87 bits per heavy atom. The maximum absolute atomic E-state index is 13.4. The van der Waals surface area contributed by atoms with E-state index in [1.54, 1.807) is 6.07 Å². The number of hydrogen-bond donors (Lipinski definition) is 5. The molecule has 0 spiro atoms. The number of benzene rings is 1. The number of halogens is 1. The van der Waals surface area contributed by atoms with E-state index in [4.69, 9.17) is 5.73 Å². The first kappa shape index (κ1) is 21.6. The van der Waals surface area contributed by atoms with Gasteiger partial charge in [0.15, 0.2) is 11.4 Å². The molecule has 10 heteroatoms. The lowest BCUT2D eigenvalue weighted by atomic mass is 9.59. The lowest BCUT2D eigenvalue weighted by molar-refractivity contribution is -0.147. The fourth-order valence-corrected chi connectivity index (χ4v) is 5.60. The van der Waals surface area contributed by atoms with Gasteiger partial charge in [0.25, 0.3) is 5.91 Å². The van der Waals surface area contributed by atoms with Gasteiger partial charge < -0.3 is 31.1 Å². The van der Waals surface area contributed by atoms with Crippen molar-refractivity contribution >= 4 is 51.5 Å². The van der Waals surface area contributed by atoms with Gasteiger partial charge in [-0.15, -0.1) is 0 Å². The molecule has 0 radical (unpaired) electrons. The topological polar surface area (TPSA) is 161 Å². The third-order valence-electron chi connectivity index (χ3n) is 6.48. The number of hydrogen-bond acceptors (Lipinski definition) is 8. The van der Waals surface area contributed by atoms with Crippen LogP contribution in [0.15, 0.2) is 23.0 Å². The highest BCUT2D eigenvalue weighted by molar-refractivity contribution is 14.1. The van der Waals surface area contributed by atoms with Crippen LogP contribution in [0.4, 0.5) is 5.69 Å². The SMILES string of the molecule is CN(C)c1cc(I)c(O)c2c1CC1C[C@H]3CC(=O)C(C(N)=O)=C(O)[C@@]3(O)C(=O)C1=C2O. The van der Waals surface area contributed by atoms with Crippen LogP contribution in [0.3, 0.4) is 0 Å². The fraction of sp³-hybridized carbons (Fsp3) is 0.381. The van der Waals surface area contributed by atoms with Crippen molar-refractivity contribution in [3.8, 4) is 5.75 Å². The largest absolute Gasteiger partial charge is 0.508 e. The number of aromatic hydroxyl groups is 1. The van der Waals surface area contributed by atoms with E-state index in [1.165, 1.54) is 0 Å². The van der Waals surface area contributed by atoms with E-state index in [0.29, 0.717) is 9.13 Å². The summed E-state index contributed by atoms with van der Waals surface area (Å²) in [6, 6.07) is 1.77. The molecule has 1 fully saturated rings. The molecule has 31 heavy (non-hydrogen) atoms. The molecule has 1 saturated carbocycles. The normalized spacial score (nSPS) is 27.6. The first-order valence-electron chi connectivity index (χ1n) is 9.60. The first-order valence-corrected chi connectivity index (χ1v) is 10.7. The predicted octanol–water partition coefficient (Wildman–Crippen LogP) is 1.09. The number of aliphatic hydroxyl groups is 3. The third-order valence-corrected chi connectivity index (χ3v) is 7.30. The number of nitrogens with two attached hydrogens (primary N) is 1. The van der Waals surface area contributed by atoms with Crippen molar-refractivity contribution in [2.45, 2.75) is 24.9 Å². The molecule has 9 nitrogen and oxygen atoms in total. The summed E-state index contributed by atoms with van der Waals surface area (Å²) in [7, 11) is 3.63. The number of fused-ring (bicyclic) bond motifs is 3. The number of ketones is 2. The summed E-state index contributed by atoms with van der Waals surface area (Å²) in [6.45, 7) is 0. The summed E-state index contributed by atoms with van der Waals surface area (Å²) in [6.07, 6.45) is 0.0648. The summed E-state index contributed by atoms with van der Waals surface area (Å²) < 4.78 is 0.465. The smallest absolute Gasteiger partial charge is 0.255 e. The van der Waals surface area contributed by atoms with Crippen molar-refractivity contribution < 1.29 is 34.8 Å². The van der Waals surface area contributed by atoms with Crippen molar-refractivity contribution in [3.05, 3.63) is 37.7 Å². The molecule has 1 aromatic rings. The van der Waals surface area contributed by atoms with Crippen LogP contribution in [0.1, 0.15) is 24.0 Å². The average Bonchev–Trinajstić information content (AvgIpc) is 2.66. The van der Waals surface area contributed by atoms with Gasteiger partial charge in [-0.1, -0.05) is 0 Å². The molecule has 0 aromatic heterocycles. The quantitative estimate of drug-likeness (QED) is 0.275. The molecule has 6 N–H and O–H groups in total. The van der Waals surface area contributed by atoms with Gasteiger partial charge in [-0.05, 0) is 53.0 Å². The van der Waals surface area contributed by atoms with E-state index in [-0.39, 0.29) is 36.1 Å².